The third-order valence-electron chi connectivity index (χ3n) is 5.86. The molecule has 1 aliphatic heterocycles. The first kappa shape index (κ1) is 18.0. The largest absolute Gasteiger partial charge is 0.356 e. The molecule has 0 aliphatic carbocycles. The van der Waals surface area contributed by atoms with E-state index in [0.29, 0.717) is 0 Å². The molecule has 0 spiro atoms. The van der Waals surface area contributed by atoms with Crippen molar-refractivity contribution in [2.24, 2.45) is 0 Å². The summed E-state index contributed by atoms with van der Waals surface area (Å²) < 4.78 is 2.12. The van der Waals surface area contributed by atoms with Gasteiger partial charge in [-0.3, -0.25) is 0 Å². The van der Waals surface area contributed by atoms with Crippen LogP contribution in [0.5, 0.6) is 0 Å². The Labute approximate surface area is 162 Å². The van der Waals surface area contributed by atoms with Crippen molar-refractivity contribution in [3.63, 3.8) is 0 Å². The van der Waals surface area contributed by atoms with Crippen LogP contribution in [-0.2, 0) is 6.42 Å². The number of aromatic nitrogens is 3. The number of hydrogen-bond donors (Lipinski definition) is 0. The summed E-state index contributed by atoms with van der Waals surface area (Å²) >= 11 is 0. The highest BCUT2D eigenvalue weighted by atomic mass is 15.4. The minimum atomic E-state index is 1.00. The maximum absolute atomic E-state index is 5.04. The summed E-state index contributed by atoms with van der Waals surface area (Å²) in [6, 6.07) is 4.53. The lowest BCUT2D eigenvalue weighted by Gasteiger charge is -2.20. The molecule has 3 heterocycles. The fourth-order valence-electron chi connectivity index (χ4n) is 4.69. The molecule has 4 rings (SSSR count). The molecule has 2 aromatic heterocycles. The van der Waals surface area contributed by atoms with Crippen LogP contribution in [0.15, 0.2) is 12.1 Å². The molecule has 0 saturated heterocycles. The van der Waals surface area contributed by atoms with E-state index in [0.717, 1.165) is 36.5 Å². The van der Waals surface area contributed by atoms with Gasteiger partial charge in [0.1, 0.15) is 5.82 Å². The van der Waals surface area contributed by atoms with Crippen LogP contribution in [0.2, 0.25) is 0 Å². The van der Waals surface area contributed by atoms with E-state index in [-0.39, 0.29) is 0 Å². The molecule has 0 amide bonds. The average molecular weight is 363 g/mol. The summed E-state index contributed by atoms with van der Waals surface area (Å²) in [5, 5.41) is 4.98. The zero-order chi connectivity index (χ0) is 19.3. The van der Waals surface area contributed by atoms with Crippen LogP contribution in [0.25, 0.3) is 16.8 Å². The second kappa shape index (κ2) is 6.66. The van der Waals surface area contributed by atoms with E-state index in [2.05, 4.69) is 63.1 Å². The second-order valence-electron chi connectivity index (χ2n) is 8.06. The summed E-state index contributed by atoms with van der Waals surface area (Å²) in [7, 11) is 0. The van der Waals surface area contributed by atoms with Gasteiger partial charge in [-0.2, -0.15) is 9.61 Å². The molecular formula is C23H30N4. The number of benzene rings is 1. The summed E-state index contributed by atoms with van der Waals surface area (Å²) in [6.45, 7) is 15.3. The van der Waals surface area contributed by atoms with Gasteiger partial charge in [-0.1, -0.05) is 31.0 Å². The molecule has 0 saturated carbocycles. The molecular weight excluding hydrogens is 332 g/mol. The summed E-state index contributed by atoms with van der Waals surface area (Å²) in [6.07, 6.45) is 3.50. The Morgan fingerprint density at radius 3 is 2.33 bits per heavy atom. The van der Waals surface area contributed by atoms with E-state index in [1.54, 1.807) is 0 Å². The topological polar surface area (TPSA) is 33.4 Å². The molecule has 3 aromatic rings. The third kappa shape index (κ3) is 2.82. The van der Waals surface area contributed by atoms with Crippen molar-refractivity contribution in [1.29, 1.82) is 0 Å². The zero-order valence-corrected chi connectivity index (χ0v) is 17.5. The smallest absolute Gasteiger partial charge is 0.165 e. The Bertz CT molecular complexity index is 1010. The van der Waals surface area contributed by atoms with Gasteiger partial charge in [0.25, 0.3) is 0 Å². The lowest BCUT2D eigenvalue weighted by atomic mass is 9.94. The zero-order valence-electron chi connectivity index (χ0n) is 17.5. The van der Waals surface area contributed by atoms with Gasteiger partial charge in [-0.25, -0.2) is 4.98 Å². The molecule has 0 fully saturated rings. The first-order chi connectivity index (χ1) is 12.9. The number of anilines is 1. The van der Waals surface area contributed by atoms with Crippen molar-refractivity contribution in [3.8, 4) is 11.1 Å². The van der Waals surface area contributed by atoms with Crippen LogP contribution < -0.4 is 4.90 Å². The Balaban J connectivity index is 1.98. The number of fused-ring (bicyclic) bond motifs is 3. The number of aryl methyl sites for hydroxylation is 5. The van der Waals surface area contributed by atoms with E-state index in [1.165, 1.54) is 52.0 Å². The maximum Gasteiger partial charge on any atom is 0.165 e. The molecule has 0 atom stereocenters. The SMILES string of the molecule is CCCCN1CCc2c(C)nc3c(-c4c(C)cc(C)cc4C)c(C)nn3c21. The van der Waals surface area contributed by atoms with E-state index < -0.39 is 0 Å². The molecule has 0 bridgehead atoms. The fraction of sp³-hybridized carbons (Fsp3) is 0.478. The molecule has 0 unspecified atom stereocenters. The number of nitrogens with zero attached hydrogens (tertiary/aromatic N) is 4. The molecule has 4 heteroatoms. The van der Waals surface area contributed by atoms with Gasteiger partial charge >= 0.3 is 0 Å². The van der Waals surface area contributed by atoms with Crippen molar-refractivity contribution < 1.29 is 0 Å². The standard InChI is InChI=1S/C23H30N4/c1-7-8-10-26-11-9-19-17(5)24-22-21(18(6)25-27(22)23(19)26)20-15(3)12-14(2)13-16(20)4/h12-13H,7-11H2,1-6H3. The average Bonchev–Trinajstić information content (AvgIpc) is 3.15. The van der Waals surface area contributed by atoms with Crippen LogP contribution in [0.3, 0.4) is 0 Å². The van der Waals surface area contributed by atoms with Gasteiger partial charge in [0.2, 0.25) is 0 Å². The molecule has 27 heavy (non-hydrogen) atoms. The number of rotatable bonds is 4. The summed E-state index contributed by atoms with van der Waals surface area (Å²) in [5.74, 6) is 1.27. The number of hydrogen-bond acceptors (Lipinski definition) is 3. The first-order valence-electron chi connectivity index (χ1n) is 10.1. The van der Waals surface area contributed by atoms with Crippen molar-refractivity contribution in [1.82, 2.24) is 14.6 Å². The monoisotopic (exact) mass is 362 g/mol. The van der Waals surface area contributed by atoms with Crippen LogP contribution in [0, 0.1) is 34.6 Å². The van der Waals surface area contributed by atoms with E-state index in [1.807, 2.05) is 0 Å². The van der Waals surface area contributed by atoms with Crippen molar-refractivity contribution in [3.05, 3.63) is 45.8 Å². The third-order valence-corrected chi connectivity index (χ3v) is 5.86. The van der Waals surface area contributed by atoms with Crippen LogP contribution >= 0.6 is 0 Å². The van der Waals surface area contributed by atoms with Gasteiger partial charge in [0.15, 0.2) is 5.65 Å². The van der Waals surface area contributed by atoms with Crippen LogP contribution in [0.1, 0.15) is 53.4 Å². The lowest BCUT2D eigenvalue weighted by molar-refractivity contribution is 0.720. The van der Waals surface area contributed by atoms with Crippen LogP contribution in [-0.4, -0.2) is 27.7 Å². The van der Waals surface area contributed by atoms with Gasteiger partial charge in [-0.15, -0.1) is 0 Å². The minimum Gasteiger partial charge on any atom is -0.356 e. The maximum atomic E-state index is 5.04. The first-order valence-corrected chi connectivity index (χ1v) is 10.1. The van der Waals surface area contributed by atoms with Gasteiger partial charge < -0.3 is 4.90 Å². The second-order valence-corrected chi connectivity index (χ2v) is 8.06. The Morgan fingerprint density at radius 2 is 1.67 bits per heavy atom. The molecule has 142 valence electrons. The normalized spacial score (nSPS) is 13.6. The fourth-order valence-corrected chi connectivity index (χ4v) is 4.69. The Hall–Kier alpha value is -2.36. The highest BCUT2D eigenvalue weighted by molar-refractivity contribution is 5.85. The Morgan fingerprint density at radius 1 is 0.963 bits per heavy atom. The molecule has 1 aromatic carbocycles. The molecule has 0 N–H and O–H groups in total. The summed E-state index contributed by atoms with van der Waals surface area (Å²) in [4.78, 5) is 7.54. The highest BCUT2D eigenvalue weighted by Gasteiger charge is 2.28. The van der Waals surface area contributed by atoms with Crippen molar-refractivity contribution in [2.75, 3.05) is 18.0 Å². The van der Waals surface area contributed by atoms with Gasteiger partial charge in [-0.05, 0) is 64.2 Å². The van der Waals surface area contributed by atoms with Gasteiger partial charge in [0.05, 0.1) is 11.3 Å². The number of unbranched alkanes of at least 4 members (excludes halogenated alkanes) is 1. The highest BCUT2D eigenvalue weighted by Crippen LogP contribution is 2.38. The minimum absolute atomic E-state index is 1.00. The predicted octanol–water partition coefficient (Wildman–Crippen LogP) is 5.10. The van der Waals surface area contributed by atoms with Crippen LogP contribution in [0.4, 0.5) is 5.82 Å². The van der Waals surface area contributed by atoms with E-state index >= 15 is 0 Å². The summed E-state index contributed by atoms with van der Waals surface area (Å²) in [5.41, 5.74) is 11.0. The van der Waals surface area contributed by atoms with Crippen molar-refractivity contribution >= 4 is 11.5 Å². The molecule has 1 aliphatic rings. The quantitative estimate of drug-likeness (QED) is 0.647. The molecule has 4 nitrogen and oxygen atoms in total. The lowest BCUT2D eigenvalue weighted by Crippen LogP contribution is -2.23. The van der Waals surface area contributed by atoms with Crippen molar-refractivity contribution in [2.45, 2.75) is 60.8 Å². The molecule has 0 radical (unpaired) electrons. The Kier molecular flexibility index (Phi) is 4.45. The van der Waals surface area contributed by atoms with E-state index in [4.69, 9.17) is 10.1 Å². The predicted molar refractivity (Wildman–Crippen MR) is 113 cm³/mol. The van der Waals surface area contributed by atoms with Gasteiger partial charge in [0, 0.05) is 24.3 Å². The van der Waals surface area contributed by atoms with E-state index in [9.17, 15) is 0 Å².